The maximum absolute atomic E-state index is 15.0. The summed E-state index contributed by atoms with van der Waals surface area (Å²) in [5.41, 5.74) is 3.12. The lowest BCUT2D eigenvalue weighted by molar-refractivity contribution is 0.301. The van der Waals surface area contributed by atoms with Crippen molar-refractivity contribution >= 4 is 0 Å². The van der Waals surface area contributed by atoms with E-state index < -0.39 is 11.6 Å². The average Bonchev–Trinajstić information content (AvgIpc) is 2.84. The molecule has 1 nitrogen and oxygen atoms in total. The van der Waals surface area contributed by atoms with Crippen LogP contribution in [-0.2, 0) is 6.42 Å². The lowest BCUT2D eigenvalue weighted by atomic mass is 9.97. The first-order chi connectivity index (χ1) is 16.5. The molecular formula is C31H38F2O. The fourth-order valence-corrected chi connectivity index (χ4v) is 4.18. The highest BCUT2D eigenvalue weighted by Crippen LogP contribution is 2.32. The van der Waals surface area contributed by atoms with Gasteiger partial charge in [-0.3, -0.25) is 0 Å². The van der Waals surface area contributed by atoms with Gasteiger partial charge in [0.15, 0.2) is 11.6 Å². The van der Waals surface area contributed by atoms with Crippen LogP contribution in [0.1, 0.15) is 71.3 Å². The van der Waals surface area contributed by atoms with Gasteiger partial charge in [-0.15, -0.1) is 0 Å². The van der Waals surface area contributed by atoms with Crippen LogP contribution < -0.4 is 4.74 Å². The van der Waals surface area contributed by atoms with E-state index in [0.29, 0.717) is 29.2 Å². The number of hydrogen-bond donors (Lipinski definition) is 0. The minimum atomic E-state index is -0.816. The Morgan fingerprint density at radius 1 is 0.676 bits per heavy atom. The third kappa shape index (κ3) is 7.41. The molecule has 0 atom stereocenters. The molecule has 0 saturated carbocycles. The Balaban J connectivity index is 1.64. The Labute approximate surface area is 204 Å². The van der Waals surface area contributed by atoms with Crippen molar-refractivity contribution in [1.29, 1.82) is 0 Å². The number of aryl methyl sites for hydroxylation is 1. The Morgan fingerprint density at radius 3 is 1.82 bits per heavy atom. The Kier molecular flexibility index (Phi) is 10.1. The van der Waals surface area contributed by atoms with Gasteiger partial charge in [0.25, 0.3) is 0 Å². The van der Waals surface area contributed by atoms with E-state index in [1.165, 1.54) is 31.2 Å². The van der Waals surface area contributed by atoms with Gasteiger partial charge in [-0.05, 0) is 60.4 Å². The number of ether oxygens (including phenoxy) is 1. The van der Waals surface area contributed by atoms with Gasteiger partial charge in [0.2, 0.25) is 0 Å². The minimum Gasteiger partial charge on any atom is -0.494 e. The first-order valence-electron chi connectivity index (χ1n) is 12.8. The smallest absolute Gasteiger partial charge is 0.167 e. The van der Waals surface area contributed by atoms with E-state index in [9.17, 15) is 8.78 Å². The molecular weight excluding hydrogens is 426 g/mol. The molecule has 3 rings (SSSR count). The highest BCUT2D eigenvalue weighted by molar-refractivity contribution is 5.72. The van der Waals surface area contributed by atoms with Gasteiger partial charge >= 0.3 is 0 Å². The second kappa shape index (κ2) is 13.3. The molecule has 0 amide bonds. The van der Waals surface area contributed by atoms with E-state index in [0.717, 1.165) is 31.4 Å². The third-order valence-corrected chi connectivity index (χ3v) is 6.28. The van der Waals surface area contributed by atoms with Gasteiger partial charge in [0.1, 0.15) is 5.75 Å². The van der Waals surface area contributed by atoms with Crippen LogP contribution in [0.4, 0.5) is 8.78 Å². The topological polar surface area (TPSA) is 9.23 Å². The summed E-state index contributed by atoms with van der Waals surface area (Å²) in [6.45, 7) is 7.31. The molecule has 0 aromatic heterocycles. The Bertz CT molecular complexity index is 1010. The van der Waals surface area contributed by atoms with Crippen molar-refractivity contribution in [1.82, 2.24) is 0 Å². The molecule has 0 aliphatic rings. The van der Waals surface area contributed by atoms with Crippen molar-refractivity contribution in [3.8, 4) is 28.0 Å². The van der Waals surface area contributed by atoms with Crippen molar-refractivity contribution in [3.05, 3.63) is 77.9 Å². The molecule has 0 aliphatic heterocycles. The number of hydrogen-bond acceptors (Lipinski definition) is 1. The molecule has 0 bridgehead atoms. The Hall–Kier alpha value is -2.68. The molecule has 0 N–H and O–H groups in total. The summed E-state index contributed by atoms with van der Waals surface area (Å²) in [4.78, 5) is 0. The van der Waals surface area contributed by atoms with E-state index >= 15 is 0 Å². The van der Waals surface area contributed by atoms with Gasteiger partial charge in [-0.2, -0.15) is 0 Å². The van der Waals surface area contributed by atoms with Crippen LogP contribution >= 0.6 is 0 Å². The van der Waals surface area contributed by atoms with Crippen LogP contribution in [0.25, 0.3) is 22.3 Å². The summed E-state index contributed by atoms with van der Waals surface area (Å²) >= 11 is 0. The fraction of sp³-hybridized carbons (Fsp3) is 0.419. The summed E-state index contributed by atoms with van der Waals surface area (Å²) in [6.07, 6.45) is 9.24. The predicted molar refractivity (Wildman–Crippen MR) is 139 cm³/mol. The third-order valence-electron chi connectivity index (χ3n) is 6.28. The molecule has 34 heavy (non-hydrogen) atoms. The molecule has 0 saturated heterocycles. The molecule has 0 heterocycles. The molecule has 3 aromatic carbocycles. The number of rotatable bonds is 13. The molecule has 0 fully saturated rings. The molecule has 0 spiro atoms. The van der Waals surface area contributed by atoms with E-state index in [2.05, 4.69) is 20.8 Å². The van der Waals surface area contributed by atoms with Crippen molar-refractivity contribution in [2.45, 2.75) is 72.1 Å². The molecule has 0 aliphatic carbocycles. The quantitative estimate of drug-likeness (QED) is 0.229. The van der Waals surface area contributed by atoms with Crippen LogP contribution in [0.15, 0.2) is 60.7 Å². The zero-order chi connectivity index (χ0) is 24.3. The van der Waals surface area contributed by atoms with Gasteiger partial charge in [-0.25, -0.2) is 8.78 Å². The lowest BCUT2D eigenvalue weighted by Crippen LogP contribution is -1.98. The van der Waals surface area contributed by atoms with Crippen molar-refractivity contribution < 1.29 is 13.5 Å². The van der Waals surface area contributed by atoms with Crippen LogP contribution in [0.5, 0.6) is 5.75 Å². The lowest BCUT2D eigenvalue weighted by Gasteiger charge is -2.11. The van der Waals surface area contributed by atoms with Crippen molar-refractivity contribution in [2.75, 3.05) is 6.61 Å². The molecule has 0 radical (unpaired) electrons. The van der Waals surface area contributed by atoms with Crippen molar-refractivity contribution in [2.24, 2.45) is 5.92 Å². The maximum atomic E-state index is 15.0. The van der Waals surface area contributed by atoms with E-state index in [1.54, 1.807) is 24.3 Å². The van der Waals surface area contributed by atoms with E-state index in [-0.39, 0.29) is 5.56 Å². The number of benzene rings is 3. The predicted octanol–water partition coefficient (Wildman–Crippen LogP) is 9.63. The van der Waals surface area contributed by atoms with Gasteiger partial charge < -0.3 is 4.74 Å². The van der Waals surface area contributed by atoms with Crippen LogP contribution in [-0.4, -0.2) is 6.61 Å². The second-order valence-electron chi connectivity index (χ2n) is 9.56. The first-order valence-corrected chi connectivity index (χ1v) is 12.8. The largest absolute Gasteiger partial charge is 0.494 e. The summed E-state index contributed by atoms with van der Waals surface area (Å²) in [5.74, 6) is -0.164. The van der Waals surface area contributed by atoms with E-state index in [4.69, 9.17) is 4.74 Å². The second-order valence-corrected chi connectivity index (χ2v) is 9.56. The average molecular weight is 465 g/mol. The SMILES string of the molecule is CCCCCCc1ccc(-c2ccc(-c3ccc(OCCCCC(C)C)cc3)c(F)c2F)cc1. The highest BCUT2D eigenvalue weighted by atomic mass is 19.2. The summed E-state index contributed by atoms with van der Waals surface area (Å²) in [6, 6.07) is 18.4. The normalized spacial score (nSPS) is 11.2. The maximum Gasteiger partial charge on any atom is 0.167 e. The standard InChI is InChI=1S/C31H38F2O/c1-4-5-6-7-11-24-12-14-25(15-13-24)28-20-21-29(31(33)30(28)32)26-16-18-27(19-17-26)34-22-9-8-10-23(2)3/h12-21,23H,4-11,22H2,1-3H3. The zero-order valence-electron chi connectivity index (χ0n) is 20.9. The molecule has 182 valence electrons. The molecule has 3 heteroatoms. The van der Waals surface area contributed by atoms with Crippen molar-refractivity contribution in [3.63, 3.8) is 0 Å². The molecule has 0 unspecified atom stereocenters. The van der Waals surface area contributed by atoms with Gasteiger partial charge in [0.05, 0.1) is 6.61 Å². The van der Waals surface area contributed by atoms with Crippen LogP contribution in [0.3, 0.4) is 0 Å². The Morgan fingerprint density at radius 2 is 1.26 bits per heavy atom. The number of halogens is 2. The van der Waals surface area contributed by atoms with Crippen LogP contribution in [0.2, 0.25) is 0 Å². The van der Waals surface area contributed by atoms with E-state index in [1.807, 2.05) is 36.4 Å². The number of unbranched alkanes of at least 4 members (excludes halogenated alkanes) is 4. The highest BCUT2D eigenvalue weighted by Gasteiger charge is 2.16. The van der Waals surface area contributed by atoms with Gasteiger partial charge in [0, 0.05) is 11.1 Å². The minimum absolute atomic E-state index is 0.261. The van der Waals surface area contributed by atoms with Gasteiger partial charge in [-0.1, -0.05) is 95.0 Å². The molecule has 3 aromatic rings. The summed E-state index contributed by atoms with van der Waals surface area (Å²) in [5, 5.41) is 0. The first kappa shape index (κ1) is 25.9. The zero-order valence-corrected chi connectivity index (χ0v) is 20.9. The summed E-state index contributed by atoms with van der Waals surface area (Å²) < 4.78 is 35.8. The summed E-state index contributed by atoms with van der Waals surface area (Å²) in [7, 11) is 0. The van der Waals surface area contributed by atoms with Crippen LogP contribution in [0, 0.1) is 17.6 Å². The fourth-order valence-electron chi connectivity index (χ4n) is 4.18. The monoisotopic (exact) mass is 464 g/mol.